The Morgan fingerprint density at radius 3 is 1.77 bits per heavy atom. The van der Waals surface area contributed by atoms with Crippen molar-refractivity contribution >= 4 is 0 Å². The van der Waals surface area contributed by atoms with Gasteiger partial charge in [-0.05, 0) is 0 Å². The summed E-state index contributed by atoms with van der Waals surface area (Å²) in [7, 11) is 7.06. The van der Waals surface area contributed by atoms with Crippen molar-refractivity contribution in [2.45, 2.75) is 47.5 Å². The van der Waals surface area contributed by atoms with Gasteiger partial charge in [0.15, 0.2) is 0 Å². The molecule has 0 aromatic heterocycles. The Morgan fingerprint density at radius 2 is 1.41 bits per heavy atom. The summed E-state index contributed by atoms with van der Waals surface area (Å²) in [5.74, 6) is 0.725. The van der Waals surface area contributed by atoms with E-state index in [2.05, 4.69) is 76.4 Å². The van der Waals surface area contributed by atoms with Gasteiger partial charge < -0.3 is 0 Å². The third kappa shape index (κ3) is 3.83. The van der Waals surface area contributed by atoms with Crippen molar-refractivity contribution in [2.24, 2.45) is 5.92 Å². The second kappa shape index (κ2) is 8.92. The van der Waals surface area contributed by atoms with Crippen LogP contribution in [0.3, 0.4) is 0 Å². The molecule has 0 unspecified atom stereocenters. The zero-order valence-corrected chi connectivity index (χ0v) is 18.6. The summed E-state index contributed by atoms with van der Waals surface area (Å²) in [6, 6.07) is 0. The van der Waals surface area contributed by atoms with Crippen LogP contribution in [-0.4, -0.2) is 49.3 Å². The van der Waals surface area contributed by atoms with Crippen LogP contribution in [0.5, 0.6) is 0 Å². The molecule has 0 aliphatic heterocycles. The first kappa shape index (κ1) is 20.3. The molecule has 0 radical (unpaired) electrons. The summed E-state index contributed by atoms with van der Waals surface area (Å²) in [5.41, 5.74) is 1.63. The molecule has 1 rings (SSSR count). The second-order valence-electron chi connectivity index (χ2n) is 6.89. The quantitative estimate of drug-likeness (QED) is 0.593. The monoisotopic (exact) mass is 385 g/mol. The Hall–Kier alpha value is 0.243. The molecule has 0 aromatic rings. The first-order chi connectivity index (χ1) is 10.4. The zero-order chi connectivity index (χ0) is 16.9. The van der Waals surface area contributed by atoms with Gasteiger partial charge in [0.2, 0.25) is 0 Å². The molecule has 0 atom stereocenters. The van der Waals surface area contributed by atoms with Crippen LogP contribution in [0.15, 0.2) is 21.0 Å². The van der Waals surface area contributed by atoms with Gasteiger partial charge in [-0.25, -0.2) is 0 Å². The molecule has 0 saturated heterocycles. The topological polar surface area (TPSA) is 9.72 Å². The van der Waals surface area contributed by atoms with Crippen molar-refractivity contribution in [1.29, 1.82) is 0 Å². The van der Waals surface area contributed by atoms with E-state index in [9.17, 15) is 0 Å². The molecule has 0 amide bonds. The Labute approximate surface area is 144 Å². The van der Waals surface area contributed by atoms with Crippen molar-refractivity contribution in [1.82, 2.24) is 8.53 Å². The number of nitrogens with zero attached hydrogens (tertiary/aromatic N) is 3. The van der Waals surface area contributed by atoms with Gasteiger partial charge in [-0.15, -0.1) is 0 Å². The molecule has 22 heavy (non-hydrogen) atoms. The molecule has 4 heteroatoms. The van der Waals surface area contributed by atoms with Crippen LogP contribution in [0.1, 0.15) is 47.5 Å². The molecule has 0 N–H and O–H groups in total. The summed E-state index contributed by atoms with van der Waals surface area (Å²) in [6.07, 6.45) is 7.20. The average molecular weight is 387 g/mol. The predicted octanol–water partition coefficient (Wildman–Crippen LogP) is 4.00. The van der Waals surface area contributed by atoms with Gasteiger partial charge in [0, 0.05) is 0 Å². The van der Waals surface area contributed by atoms with Crippen molar-refractivity contribution in [3.05, 3.63) is 21.0 Å². The van der Waals surface area contributed by atoms with Crippen LogP contribution in [0.4, 0.5) is 0 Å². The summed E-state index contributed by atoms with van der Waals surface area (Å²) in [4.78, 5) is 0. The van der Waals surface area contributed by atoms with Gasteiger partial charge in [-0.1, -0.05) is 0 Å². The first-order valence-electron chi connectivity index (χ1n) is 8.88. The second-order valence-corrected chi connectivity index (χ2v) is 17.1. The van der Waals surface area contributed by atoms with E-state index in [4.69, 9.17) is 0 Å². The van der Waals surface area contributed by atoms with Gasteiger partial charge in [-0.3, -0.25) is 0 Å². The van der Waals surface area contributed by atoms with E-state index in [-0.39, 0.29) is 0 Å². The van der Waals surface area contributed by atoms with Crippen molar-refractivity contribution in [3.63, 3.8) is 0 Å². The Balaban J connectivity index is 3.47. The fourth-order valence-corrected chi connectivity index (χ4v) is 17.2. The number of hydrogen-bond acceptors (Lipinski definition) is 3. The van der Waals surface area contributed by atoms with Crippen LogP contribution in [0.2, 0.25) is 0 Å². The van der Waals surface area contributed by atoms with Gasteiger partial charge >= 0.3 is 145 Å². The average Bonchev–Trinajstić information content (AvgIpc) is 2.94. The van der Waals surface area contributed by atoms with Crippen molar-refractivity contribution < 1.29 is 21.1 Å². The normalized spacial score (nSPS) is 16.2. The molecule has 0 saturated carbocycles. The van der Waals surface area contributed by atoms with Crippen LogP contribution in [-0.2, 0) is 21.1 Å². The van der Waals surface area contributed by atoms with Crippen LogP contribution < -0.4 is 0 Å². The van der Waals surface area contributed by atoms with E-state index in [0.717, 1.165) is 32.0 Å². The third-order valence-corrected chi connectivity index (χ3v) is 18.5. The maximum absolute atomic E-state index is 2.94. The fraction of sp³-hybridized carbons (Fsp3) is 0.778. The van der Waals surface area contributed by atoms with Gasteiger partial charge in [0.25, 0.3) is 0 Å². The van der Waals surface area contributed by atoms with Gasteiger partial charge in [0.05, 0.1) is 0 Å². The molecular weight excluding hydrogens is 349 g/mol. The minimum atomic E-state index is -2.94. The van der Waals surface area contributed by atoms with E-state index >= 15 is 0 Å². The molecule has 0 spiro atoms. The fourth-order valence-electron chi connectivity index (χ4n) is 3.76. The third-order valence-electron chi connectivity index (χ3n) is 5.08. The summed E-state index contributed by atoms with van der Waals surface area (Å²) >= 11 is -2.94. The molecular formula is C18H37N3Zr. The Morgan fingerprint density at radius 1 is 0.955 bits per heavy atom. The van der Waals surface area contributed by atoms with Crippen molar-refractivity contribution in [2.75, 3.05) is 40.8 Å². The van der Waals surface area contributed by atoms with Gasteiger partial charge in [-0.2, -0.15) is 0 Å². The van der Waals surface area contributed by atoms with E-state index in [1.54, 1.807) is 8.85 Å². The first-order valence-corrected chi connectivity index (χ1v) is 13.4. The van der Waals surface area contributed by atoms with E-state index in [1.807, 2.05) is 0 Å². The zero-order valence-electron chi connectivity index (χ0n) is 16.1. The maximum atomic E-state index is 2.71. The molecule has 1 aliphatic carbocycles. The van der Waals surface area contributed by atoms with Crippen LogP contribution in [0.25, 0.3) is 0 Å². The number of hydrogen-bond donors (Lipinski definition) is 0. The summed E-state index contributed by atoms with van der Waals surface area (Å²) in [5, 5.41) is 0. The van der Waals surface area contributed by atoms with E-state index in [1.165, 1.54) is 6.42 Å². The van der Waals surface area contributed by atoms with Crippen LogP contribution in [0, 0.1) is 5.92 Å². The van der Waals surface area contributed by atoms with Crippen LogP contribution >= 0.6 is 0 Å². The summed E-state index contributed by atoms with van der Waals surface area (Å²) in [6.45, 7) is 15.0. The van der Waals surface area contributed by atoms with E-state index in [0.29, 0.717) is 0 Å². The minimum absolute atomic E-state index is 0.725. The molecule has 1 aliphatic rings. The molecule has 3 nitrogen and oxygen atoms in total. The number of allylic oxidation sites excluding steroid dienone is 4. The SMILES string of the molecule is CC[N](C)[Zr]([C]1=C(CC(C)C)C=CC1)([N](C)CC)[N](C)CC. The predicted molar refractivity (Wildman–Crippen MR) is 95.2 cm³/mol. The molecule has 0 aromatic carbocycles. The van der Waals surface area contributed by atoms with Crippen molar-refractivity contribution in [3.8, 4) is 0 Å². The standard InChI is InChI=1S/C9H13.3C3H8N.Zr/c1-8(2)7-9-5-3-4-6-9;3*1-3-4-2;/h3,5,8H,4,7H2,1-2H3;3*3H2,1-2H3;/q;3*-1;+3. The molecule has 0 bridgehead atoms. The van der Waals surface area contributed by atoms with Gasteiger partial charge in [0.1, 0.15) is 0 Å². The molecule has 0 heterocycles. The Kier molecular flexibility index (Phi) is 8.22. The van der Waals surface area contributed by atoms with E-state index < -0.39 is 21.1 Å². The molecule has 0 fully saturated rings. The Bertz CT molecular complexity index is 388. The molecule has 128 valence electrons. The summed E-state index contributed by atoms with van der Waals surface area (Å²) < 4.78 is 9.92. The number of rotatable bonds is 9.